The molecule has 2 N–H and O–H groups in total. The lowest BCUT2D eigenvalue weighted by Gasteiger charge is -2.11. The molecular weight excluding hydrogens is 198 g/mol. The van der Waals surface area contributed by atoms with Gasteiger partial charge in [-0.05, 0) is 13.8 Å². The van der Waals surface area contributed by atoms with Gasteiger partial charge in [0.25, 0.3) is 0 Å². The largest absolute Gasteiger partial charge is 0.394 e. The Morgan fingerprint density at radius 3 is 2.50 bits per heavy atom. The van der Waals surface area contributed by atoms with Gasteiger partial charge in [-0.2, -0.15) is 0 Å². The Kier molecular flexibility index (Phi) is 4.64. The van der Waals surface area contributed by atoms with Gasteiger partial charge in [0.05, 0.1) is 11.4 Å². The zero-order valence-corrected chi connectivity index (χ0v) is 7.68. The summed E-state index contributed by atoms with van der Waals surface area (Å²) in [5.41, 5.74) is 0. The van der Waals surface area contributed by atoms with E-state index in [-0.39, 0.29) is 23.4 Å². The van der Waals surface area contributed by atoms with Crippen molar-refractivity contribution in [2.45, 2.75) is 24.7 Å². The second-order valence-corrected chi connectivity index (χ2v) is 3.58. The predicted octanol–water partition coefficient (Wildman–Crippen LogP) is 0.267. The van der Waals surface area contributed by atoms with Gasteiger partial charge in [-0.15, -0.1) is 0 Å². The van der Waals surface area contributed by atoms with Crippen LogP contribution in [0.15, 0.2) is 0 Å². The Bertz CT molecular complexity index is 116. The quantitative estimate of drug-likeness (QED) is 0.656. The van der Waals surface area contributed by atoms with Crippen LogP contribution in [0.1, 0.15) is 13.8 Å². The van der Waals surface area contributed by atoms with Gasteiger partial charge in [-0.3, -0.25) is 4.79 Å². The number of alkyl halides is 1. The molecule has 2 atom stereocenters. The zero-order chi connectivity index (χ0) is 8.15. The van der Waals surface area contributed by atoms with Crippen molar-refractivity contribution in [3.05, 3.63) is 0 Å². The van der Waals surface area contributed by atoms with Gasteiger partial charge in [0.1, 0.15) is 0 Å². The first-order valence-electron chi connectivity index (χ1n) is 3.13. The molecule has 0 aliphatic heterocycles. The van der Waals surface area contributed by atoms with Crippen molar-refractivity contribution < 1.29 is 9.90 Å². The summed E-state index contributed by atoms with van der Waals surface area (Å²) in [5.74, 6) is -0.0958. The van der Waals surface area contributed by atoms with Gasteiger partial charge in [0.15, 0.2) is 0 Å². The molecule has 1 amide bonds. The lowest BCUT2D eigenvalue weighted by atomic mass is 10.3. The summed E-state index contributed by atoms with van der Waals surface area (Å²) in [4.78, 5) is 10.6. The topological polar surface area (TPSA) is 49.3 Å². The maximum Gasteiger partial charge on any atom is 0.233 e. The third kappa shape index (κ3) is 3.85. The van der Waals surface area contributed by atoms with Crippen molar-refractivity contribution in [2.24, 2.45) is 0 Å². The predicted molar refractivity (Wildman–Crippen MR) is 43.1 cm³/mol. The van der Waals surface area contributed by atoms with Crippen LogP contribution in [0.25, 0.3) is 0 Å². The lowest BCUT2D eigenvalue weighted by molar-refractivity contribution is -0.121. The summed E-state index contributed by atoms with van der Waals surface area (Å²) in [6.07, 6.45) is 0. The van der Waals surface area contributed by atoms with Gasteiger partial charge in [-0.25, -0.2) is 0 Å². The first kappa shape index (κ1) is 9.91. The fraction of sp³-hybridized carbons (Fsp3) is 0.833. The van der Waals surface area contributed by atoms with Crippen molar-refractivity contribution in [1.29, 1.82) is 0 Å². The smallest absolute Gasteiger partial charge is 0.233 e. The van der Waals surface area contributed by atoms with Gasteiger partial charge in [0, 0.05) is 6.04 Å². The summed E-state index contributed by atoms with van der Waals surface area (Å²) in [7, 11) is 0. The number of hydrogen-bond acceptors (Lipinski definition) is 2. The fourth-order valence-corrected chi connectivity index (χ4v) is 0.535. The van der Waals surface area contributed by atoms with E-state index in [1.807, 2.05) is 0 Å². The summed E-state index contributed by atoms with van der Waals surface area (Å²) < 4.78 is 0. The van der Waals surface area contributed by atoms with Crippen LogP contribution in [0.4, 0.5) is 0 Å². The van der Waals surface area contributed by atoms with E-state index < -0.39 is 0 Å². The molecule has 0 fully saturated rings. The molecule has 0 bridgehead atoms. The van der Waals surface area contributed by atoms with E-state index in [1.54, 1.807) is 13.8 Å². The fourth-order valence-electron chi connectivity index (χ4n) is 0.403. The standard InChI is InChI=1S/C6H12BrNO2/c1-4(3-9)8-6(10)5(2)7/h4-5,9H,3H2,1-2H3,(H,8,10)/t4-,5?/m1/s1. The molecule has 3 nitrogen and oxygen atoms in total. The molecule has 0 heterocycles. The number of hydrogen-bond donors (Lipinski definition) is 2. The highest BCUT2D eigenvalue weighted by Gasteiger charge is 2.10. The highest BCUT2D eigenvalue weighted by atomic mass is 79.9. The average Bonchev–Trinajstić information content (AvgIpc) is 1.87. The maximum absolute atomic E-state index is 10.8. The lowest BCUT2D eigenvalue weighted by Crippen LogP contribution is -2.38. The molecule has 0 aromatic carbocycles. The number of rotatable bonds is 3. The van der Waals surface area contributed by atoms with E-state index in [9.17, 15) is 4.79 Å². The molecule has 0 radical (unpaired) electrons. The molecule has 60 valence electrons. The molecule has 0 aliphatic carbocycles. The second kappa shape index (κ2) is 4.68. The van der Waals surface area contributed by atoms with E-state index in [1.165, 1.54) is 0 Å². The van der Waals surface area contributed by atoms with Crippen molar-refractivity contribution >= 4 is 21.8 Å². The molecule has 4 heteroatoms. The van der Waals surface area contributed by atoms with Gasteiger partial charge >= 0.3 is 0 Å². The van der Waals surface area contributed by atoms with Gasteiger partial charge < -0.3 is 10.4 Å². The summed E-state index contributed by atoms with van der Waals surface area (Å²) in [6.45, 7) is 3.46. The number of nitrogens with one attached hydrogen (secondary N) is 1. The molecule has 0 aromatic heterocycles. The molecule has 0 aromatic rings. The number of amides is 1. The third-order valence-electron chi connectivity index (χ3n) is 1.02. The molecule has 0 spiro atoms. The molecule has 0 aliphatic rings. The summed E-state index contributed by atoms with van der Waals surface area (Å²) in [6, 6.07) is -0.160. The minimum atomic E-state index is -0.193. The monoisotopic (exact) mass is 209 g/mol. The van der Waals surface area contributed by atoms with E-state index in [4.69, 9.17) is 5.11 Å². The van der Waals surface area contributed by atoms with Crippen LogP contribution in [0.5, 0.6) is 0 Å². The van der Waals surface area contributed by atoms with E-state index in [0.29, 0.717) is 0 Å². The van der Waals surface area contributed by atoms with Crippen LogP contribution in [-0.2, 0) is 4.79 Å². The SMILES string of the molecule is CC(Br)C(=O)N[C@H](C)CO. The highest BCUT2D eigenvalue weighted by Crippen LogP contribution is 1.96. The minimum absolute atomic E-state index is 0.0224. The van der Waals surface area contributed by atoms with Crippen LogP contribution in [0, 0.1) is 0 Å². The number of carbonyl (C=O) groups is 1. The second-order valence-electron chi connectivity index (χ2n) is 2.21. The Morgan fingerprint density at radius 1 is 1.70 bits per heavy atom. The number of aliphatic hydroxyl groups excluding tert-OH is 1. The van der Waals surface area contributed by atoms with Gasteiger partial charge in [-0.1, -0.05) is 15.9 Å². The van der Waals surface area contributed by atoms with Crippen LogP contribution in [0.2, 0.25) is 0 Å². The minimum Gasteiger partial charge on any atom is -0.394 e. The molecule has 0 rings (SSSR count). The highest BCUT2D eigenvalue weighted by molar-refractivity contribution is 9.10. The first-order valence-corrected chi connectivity index (χ1v) is 4.04. The Labute approximate surface area is 68.9 Å². The molecule has 0 saturated carbocycles. The Balaban J connectivity index is 3.57. The normalized spacial score (nSPS) is 16.0. The van der Waals surface area contributed by atoms with Gasteiger partial charge in [0.2, 0.25) is 5.91 Å². The average molecular weight is 210 g/mol. The molecule has 1 unspecified atom stereocenters. The van der Waals surface area contributed by atoms with E-state index >= 15 is 0 Å². The summed E-state index contributed by atoms with van der Waals surface area (Å²) in [5, 5.41) is 11.1. The summed E-state index contributed by atoms with van der Waals surface area (Å²) >= 11 is 3.10. The molecule has 10 heavy (non-hydrogen) atoms. The van der Waals surface area contributed by atoms with Crippen LogP contribution < -0.4 is 5.32 Å². The van der Waals surface area contributed by atoms with Crippen LogP contribution in [-0.4, -0.2) is 28.5 Å². The third-order valence-corrected chi connectivity index (χ3v) is 1.44. The van der Waals surface area contributed by atoms with Crippen molar-refractivity contribution in [1.82, 2.24) is 5.32 Å². The number of carbonyl (C=O) groups excluding carboxylic acids is 1. The van der Waals surface area contributed by atoms with Crippen molar-refractivity contribution in [2.75, 3.05) is 6.61 Å². The first-order chi connectivity index (χ1) is 4.57. The zero-order valence-electron chi connectivity index (χ0n) is 6.10. The van der Waals surface area contributed by atoms with Crippen molar-refractivity contribution in [3.8, 4) is 0 Å². The van der Waals surface area contributed by atoms with Crippen LogP contribution >= 0.6 is 15.9 Å². The maximum atomic E-state index is 10.8. The number of halogens is 1. The molecular formula is C6H12BrNO2. The van der Waals surface area contributed by atoms with Crippen LogP contribution in [0.3, 0.4) is 0 Å². The Hall–Kier alpha value is -0.0900. The molecule has 0 saturated heterocycles. The Morgan fingerprint density at radius 2 is 2.20 bits per heavy atom. The van der Waals surface area contributed by atoms with Crippen molar-refractivity contribution in [3.63, 3.8) is 0 Å². The number of aliphatic hydroxyl groups is 1. The van der Waals surface area contributed by atoms with E-state index in [0.717, 1.165) is 0 Å². The van der Waals surface area contributed by atoms with E-state index in [2.05, 4.69) is 21.2 Å².